The fourth-order valence-electron chi connectivity index (χ4n) is 2.87. The second-order valence-corrected chi connectivity index (χ2v) is 7.49. The molecule has 114 valence electrons. The van der Waals surface area contributed by atoms with Crippen LogP contribution >= 0.6 is 0 Å². The van der Waals surface area contributed by atoms with Gasteiger partial charge in [0.05, 0.1) is 16.0 Å². The molecule has 1 saturated heterocycles. The van der Waals surface area contributed by atoms with Gasteiger partial charge in [0.2, 0.25) is 0 Å². The summed E-state index contributed by atoms with van der Waals surface area (Å²) < 4.78 is 23.8. The van der Waals surface area contributed by atoms with Gasteiger partial charge in [-0.2, -0.15) is 0 Å². The van der Waals surface area contributed by atoms with Gasteiger partial charge in [-0.3, -0.25) is 9.00 Å². The van der Waals surface area contributed by atoms with E-state index in [2.05, 4.69) is 0 Å². The molecule has 1 aromatic rings. The Kier molecular flexibility index (Phi) is 3.73. The number of ether oxygens (including phenoxy) is 2. The van der Waals surface area contributed by atoms with Crippen LogP contribution in [0.25, 0.3) is 0 Å². The molecule has 1 N–H and O–H groups in total. The first-order valence-electron chi connectivity index (χ1n) is 6.92. The summed E-state index contributed by atoms with van der Waals surface area (Å²) in [7, 11) is -1.41. The molecule has 1 aromatic carbocycles. The van der Waals surface area contributed by atoms with Crippen LogP contribution in [0.15, 0.2) is 35.2 Å². The summed E-state index contributed by atoms with van der Waals surface area (Å²) in [6, 6.07) is 8.93. The minimum Gasteiger partial charge on any atom is -0.389 e. The Labute approximate surface area is 125 Å². The lowest BCUT2D eigenvalue weighted by Gasteiger charge is -2.46. The number of aliphatic hydroxyl groups excluding tert-OH is 1. The fraction of sp³-hybridized carbons (Fsp3) is 0.533. The predicted octanol–water partition coefficient (Wildman–Crippen LogP) is 1.02. The van der Waals surface area contributed by atoms with E-state index in [-0.39, 0.29) is 12.2 Å². The summed E-state index contributed by atoms with van der Waals surface area (Å²) in [6.07, 6.45) is -2.48. The summed E-state index contributed by atoms with van der Waals surface area (Å²) >= 11 is 0. The highest BCUT2D eigenvalue weighted by molar-refractivity contribution is 7.85. The monoisotopic (exact) mass is 310 g/mol. The van der Waals surface area contributed by atoms with E-state index in [1.807, 2.05) is 6.07 Å². The third kappa shape index (κ3) is 2.68. The van der Waals surface area contributed by atoms with Crippen LogP contribution in [0.4, 0.5) is 0 Å². The van der Waals surface area contributed by atoms with Crippen LogP contribution < -0.4 is 0 Å². The molecular formula is C15H18O5S. The molecule has 0 amide bonds. The van der Waals surface area contributed by atoms with Gasteiger partial charge in [0.25, 0.3) is 0 Å². The molecular weight excluding hydrogens is 292 g/mol. The quantitative estimate of drug-likeness (QED) is 0.883. The second kappa shape index (κ2) is 5.28. The Morgan fingerprint density at radius 3 is 2.57 bits per heavy atom. The molecule has 1 aliphatic heterocycles. The molecule has 5 atom stereocenters. The van der Waals surface area contributed by atoms with E-state index in [1.165, 1.54) is 0 Å². The van der Waals surface area contributed by atoms with Crippen LogP contribution in [-0.2, 0) is 25.1 Å². The SMILES string of the molecule is CC1(C)O[C@H]2C[C@H](S(=O)c3ccccc3)[C@@H](O)[C@@H](O1)C2=O. The number of fused-ring (bicyclic) bond motifs is 2. The number of ketones is 1. The van der Waals surface area contributed by atoms with Crippen molar-refractivity contribution in [2.75, 3.05) is 0 Å². The van der Waals surface area contributed by atoms with Crippen molar-refractivity contribution < 1.29 is 23.6 Å². The largest absolute Gasteiger partial charge is 0.389 e. The molecule has 1 aliphatic carbocycles. The van der Waals surface area contributed by atoms with E-state index in [4.69, 9.17) is 9.47 Å². The molecule has 2 aliphatic rings. The van der Waals surface area contributed by atoms with Crippen molar-refractivity contribution in [1.29, 1.82) is 0 Å². The average Bonchev–Trinajstić information content (AvgIpc) is 2.45. The smallest absolute Gasteiger partial charge is 0.193 e. The minimum absolute atomic E-state index is 0.241. The zero-order valence-corrected chi connectivity index (χ0v) is 12.7. The number of aliphatic hydroxyl groups is 1. The number of carbonyl (C=O) groups excluding carboxylic acids is 1. The first-order chi connectivity index (χ1) is 9.89. The first-order valence-corrected chi connectivity index (χ1v) is 8.13. The summed E-state index contributed by atoms with van der Waals surface area (Å²) in [5.74, 6) is -1.17. The molecule has 3 rings (SSSR count). The minimum atomic E-state index is -1.41. The lowest BCUT2D eigenvalue weighted by atomic mass is 9.88. The third-order valence-corrected chi connectivity index (χ3v) is 5.58. The van der Waals surface area contributed by atoms with Gasteiger partial charge < -0.3 is 14.6 Å². The van der Waals surface area contributed by atoms with Crippen molar-refractivity contribution in [3.63, 3.8) is 0 Å². The number of Topliss-reactive ketones (excluding diaryl/α,β-unsaturated/α-hetero) is 1. The maximum atomic E-state index is 12.6. The zero-order chi connectivity index (χ0) is 15.2. The summed E-state index contributed by atoms with van der Waals surface area (Å²) in [5.41, 5.74) is 0. The fourth-order valence-corrected chi connectivity index (χ4v) is 4.39. The van der Waals surface area contributed by atoms with E-state index < -0.39 is 40.1 Å². The summed E-state index contributed by atoms with van der Waals surface area (Å²) in [5, 5.41) is 9.85. The molecule has 1 unspecified atom stereocenters. The Balaban J connectivity index is 1.87. The van der Waals surface area contributed by atoms with E-state index in [1.54, 1.807) is 38.1 Å². The van der Waals surface area contributed by atoms with Gasteiger partial charge in [0, 0.05) is 4.90 Å². The highest BCUT2D eigenvalue weighted by Gasteiger charge is 2.53. The molecule has 0 radical (unpaired) electrons. The Morgan fingerprint density at radius 2 is 1.90 bits per heavy atom. The van der Waals surface area contributed by atoms with Crippen molar-refractivity contribution in [1.82, 2.24) is 0 Å². The van der Waals surface area contributed by atoms with Crippen molar-refractivity contribution in [2.45, 2.75) is 54.5 Å². The maximum absolute atomic E-state index is 12.6. The topological polar surface area (TPSA) is 72.8 Å². The number of carbonyl (C=O) groups is 1. The third-order valence-electron chi connectivity index (χ3n) is 3.82. The van der Waals surface area contributed by atoms with Crippen molar-refractivity contribution in [3.8, 4) is 0 Å². The van der Waals surface area contributed by atoms with Gasteiger partial charge >= 0.3 is 0 Å². The lowest BCUT2D eigenvalue weighted by Crippen LogP contribution is -2.63. The molecule has 1 heterocycles. The van der Waals surface area contributed by atoms with Gasteiger partial charge in [0.15, 0.2) is 11.6 Å². The van der Waals surface area contributed by atoms with Crippen LogP contribution in [0.2, 0.25) is 0 Å². The zero-order valence-electron chi connectivity index (χ0n) is 11.9. The highest BCUT2D eigenvalue weighted by Crippen LogP contribution is 2.36. The molecule has 1 saturated carbocycles. The summed E-state index contributed by atoms with van der Waals surface area (Å²) in [4.78, 5) is 12.7. The standard InChI is InChI=1S/C15H18O5S/c1-15(2)19-10-8-11(13(17)14(20-15)12(10)16)21(18)9-6-4-3-5-7-9/h3-7,10-11,13-14,17H,8H2,1-2H3/t10-,11-,13+,14-,21?/m0/s1. The number of hydrogen-bond donors (Lipinski definition) is 1. The Bertz CT molecular complexity index is 571. The molecule has 21 heavy (non-hydrogen) atoms. The van der Waals surface area contributed by atoms with Gasteiger partial charge in [-0.25, -0.2) is 0 Å². The van der Waals surface area contributed by atoms with E-state index in [0.29, 0.717) is 4.90 Å². The number of benzene rings is 1. The Hall–Kier alpha value is -1.08. The molecule has 5 nitrogen and oxygen atoms in total. The van der Waals surface area contributed by atoms with E-state index in [0.717, 1.165) is 0 Å². The number of rotatable bonds is 2. The lowest BCUT2D eigenvalue weighted by molar-refractivity contribution is -0.301. The maximum Gasteiger partial charge on any atom is 0.193 e. The first kappa shape index (κ1) is 14.8. The molecule has 0 spiro atoms. The van der Waals surface area contributed by atoms with Gasteiger partial charge in [0.1, 0.15) is 18.3 Å². The average molecular weight is 310 g/mol. The molecule has 6 heteroatoms. The highest BCUT2D eigenvalue weighted by atomic mass is 32.2. The molecule has 2 bridgehead atoms. The second-order valence-electron chi connectivity index (χ2n) is 5.82. The molecule has 2 fully saturated rings. The van der Waals surface area contributed by atoms with Crippen LogP contribution in [-0.4, -0.2) is 44.4 Å². The van der Waals surface area contributed by atoms with Crippen LogP contribution in [0.5, 0.6) is 0 Å². The van der Waals surface area contributed by atoms with Crippen molar-refractivity contribution in [3.05, 3.63) is 30.3 Å². The van der Waals surface area contributed by atoms with E-state index in [9.17, 15) is 14.1 Å². The van der Waals surface area contributed by atoms with Crippen molar-refractivity contribution >= 4 is 16.6 Å². The normalized spacial score (nSPS) is 36.2. The van der Waals surface area contributed by atoms with Crippen LogP contribution in [0.3, 0.4) is 0 Å². The number of hydrogen-bond acceptors (Lipinski definition) is 5. The van der Waals surface area contributed by atoms with Crippen LogP contribution in [0, 0.1) is 0 Å². The Morgan fingerprint density at radius 1 is 1.24 bits per heavy atom. The van der Waals surface area contributed by atoms with E-state index >= 15 is 0 Å². The molecule has 0 aromatic heterocycles. The summed E-state index contributed by atoms with van der Waals surface area (Å²) in [6.45, 7) is 3.42. The van der Waals surface area contributed by atoms with Crippen LogP contribution in [0.1, 0.15) is 20.3 Å². The van der Waals surface area contributed by atoms with Gasteiger partial charge in [-0.1, -0.05) is 18.2 Å². The van der Waals surface area contributed by atoms with Gasteiger partial charge in [-0.05, 0) is 32.4 Å². The predicted molar refractivity (Wildman–Crippen MR) is 76.1 cm³/mol. The van der Waals surface area contributed by atoms with Crippen molar-refractivity contribution in [2.24, 2.45) is 0 Å². The van der Waals surface area contributed by atoms with Gasteiger partial charge in [-0.15, -0.1) is 0 Å².